The summed E-state index contributed by atoms with van der Waals surface area (Å²) in [5.41, 5.74) is 5.00. The number of fused-ring (bicyclic) bond motifs is 1. The van der Waals surface area contributed by atoms with Gasteiger partial charge in [-0.05, 0) is 31.0 Å². The molecule has 2 unspecified atom stereocenters. The van der Waals surface area contributed by atoms with Crippen LogP contribution in [0, 0.1) is 11.3 Å². The molecule has 0 spiro atoms. The smallest absolute Gasteiger partial charge is 0.228 e. The van der Waals surface area contributed by atoms with Crippen LogP contribution in [0.2, 0.25) is 0 Å². The van der Waals surface area contributed by atoms with E-state index in [0.29, 0.717) is 24.1 Å². The Morgan fingerprint density at radius 1 is 1.71 bits per heavy atom. The molecule has 21 heavy (non-hydrogen) atoms. The van der Waals surface area contributed by atoms with Crippen LogP contribution in [0.3, 0.4) is 0 Å². The van der Waals surface area contributed by atoms with Crippen LogP contribution in [-0.2, 0) is 9.53 Å². The van der Waals surface area contributed by atoms with Gasteiger partial charge in [0.15, 0.2) is 5.11 Å². The number of halogens is 1. The van der Waals surface area contributed by atoms with E-state index >= 15 is 0 Å². The van der Waals surface area contributed by atoms with Gasteiger partial charge in [0.25, 0.3) is 0 Å². The second-order valence-electron chi connectivity index (χ2n) is 5.66. The van der Waals surface area contributed by atoms with Crippen LogP contribution in [-0.4, -0.2) is 48.1 Å². The van der Waals surface area contributed by atoms with Crippen molar-refractivity contribution in [3.8, 4) is 0 Å². The minimum absolute atomic E-state index is 0.132. The third-order valence-electron chi connectivity index (χ3n) is 4.45. The lowest BCUT2D eigenvalue weighted by Gasteiger charge is -2.45. The first kappa shape index (κ1) is 16.5. The third kappa shape index (κ3) is 3.17. The predicted molar refractivity (Wildman–Crippen MR) is 86.9 cm³/mol. The Morgan fingerprint density at radius 2 is 2.48 bits per heavy atom. The molecule has 7 heteroatoms. The van der Waals surface area contributed by atoms with E-state index in [1.807, 2.05) is 11.1 Å². The monoisotopic (exact) mass is 331 g/mol. The summed E-state index contributed by atoms with van der Waals surface area (Å²) in [4.78, 5) is 14.0. The Hall–Kier alpha value is -0.850. The highest BCUT2D eigenvalue weighted by Crippen LogP contribution is 2.41. The van der Waals surface area contributed by atoms with Gasteiger partial charge in [0.1, 0.15) is 0 Å². The maximum absolute atomic E-state index is 12.1. The number of hydrogen-bond acceptors (Lipinski definition) is 3. The molecule has 1 heterocycles. The van der Waals surface area contributed by atoms with Crippen molar-refractivity contribution in [2.24, 2.45) is 17.1 Å². The molecule has 0 aromatic rings. The summed E-state index contributed by atoms with van der Waals surface area (Å²) in [5, 5.41) is 3.91. The van der Waals surface area contributed by atoms with E-state index < -0.39 is 5.41 Å². The van der Waals surface area contributed by atoms with E-state index in [-0.39, 0.29) is 17.9 Å². The van der Waals surface area contributed by atoms with Crippen molar-refractivity contribution in [2.75, 3.05) is 26.1 Å². The first-order chi connectivity index (χ1) is 10.0. The number of ether oxygens (including phenoxy) is 1. The minimum atomic E-state index is -0.719. The summed E-state index contributed by atoms with van der Waals surface area (Å²) in [5.74, 6) is 0.369. The molecule has 0 aromatic heterocycles. The Balaban J connectivity index is 2.31. The molecule has 0 radical (unpaired) electrons. The van der Waals surface area contributed by atoms with Gasteiger partial charge < -0.3 is 20.7 Å². The lowest BCUT2D eigenvalue weighted by atomic mass is 9.65. The van der Waals surface area contributed by atoms with E-state index in [1.165, 1.54) is 0 Å². The van der Waals surface area contributed by atoms with Crippen LogP contribution in [0.5, 0.6) is 0 Å². The molecule has 1 fully saturated rings. The van der Waals surface area contributed by atoms with Gasteiger partial charge in [-0.25, -0.2) is 0 Å². The maximum atomic E-state index is 12.1. The standard InChI is InChI=1S/C14H22ClN3O2S/c1-20-9-14(12(16)19)5-2-3-10-4-7-18(8-6-15)13(21)17-11(10)14/h4,7,10-11H,2-3,5-6,8-9H2,1H3,(H2,16,19)(H,17,21)/t10?,11?,14-/m1/s1. The van der Waals surface area contributed by atoms with Gasteiger partial charge in [0, 0.05) is 25.7 Å². The molecule has 118 valence electrons. The van der Waals surface area contributed by atoms with Crippen molar-refractivity contribution >= 4 is 34.8 Å². The fourth-order valence-corrected chi connectivity index (χ4v) is 3.83. The first-order valence-electron chi connectivity index (χ1n) is 7.15. The van der Waals surface area contributed by atoms with E-state index in [2.05, 4.69) is 11.4 Å². The Morgan fingerprint density at radius 3 is 3.10 bits per heavy atom. The van der Waals surface area contributed by atoms with Gasteiger partial charge >= 0.3 is 0 Å². The van der Waals surface area contributed by atoms with Crippen molar-refractivity contribution in [3.05, 3.63) is 12.3 Å². The van der Waals surface area contributed by atoms with Crippen molar-refractivity contribution in [2.45, 2.75) is 25.3 Å². The van der Waals surface area contributed by atoms with Crippen LogP contribution in [0.25, 0.3) is 0 Å². The number of hydrogen-bond donors (Lipinski definition) is 2. The zero-order valence-corrected chi connectivity index (χ0v) is 13.8. The normalized spacial score (nSPS) is 32.3. The molecular formula is C14H22ClN3O2S. The van der Waals surface area contributed by atoms with Crippen LogP contribution in [0.1, 0.15) is 19.3 Å². The lowest BCUT2D eigenvalue weighted by molar-refractivity contribution is -0.136. The van der Waals surface area contributed by atoms with Crippen molar-refractivity contribution in [1.82, 2.24) is 10.2 Å². The molecule has 1 aliphatic carbocycles. The number of nitrogens with zero attached hydrogens (tertiary/aromatic N) is 1. The van der Waals surface area contributed by atoms with Gasteiger partial charge in [-0.2, -0.15) is 0 Å². The number of carbonyl (C=O) groups excluding carboxylic acids is 1. The summed E-state index contributed by atoms with van der Waals surface area (Å²) in [7, 11) is 1.60. The molecular weight excluding hydrogens is 310 g/mol. The Bertz CT molecular complexity index is 442. The highest BCUT2D eigenvalue weighted by molar-refractivity contribution is 7.80. The van der Waals surface area contributed by atoms with E-state index in [0.717, 1.165) is 19.3 Å². The zero-order valence-electron chi connectivity index (χ0n) is 12.2. The van der Waals surface area contributed by atoms with Gasteiger partial charge in [-0.1, -0.05) is 12.5 Å². The molecule has 3 N–H and O–H groups in total. The molecule has 0 aromatic carbocycles. The number of methoxy groups -OCH3 is 1. The summed E-state index contributed by atoms with van der Waals surface area (Å²) in [6.45, 7) is 0.944. The molecule has 0 saturated heterocycles. The van der Waals surface area contributed by atoms with Crippen molar-refractivity contribution in [1.29, 1.82) is 0 Å². The quantitative estimate of drug-likeness (QED) is 0.585. The van der Waals surface area contributed by atoms with Crippen LogP contribution < -0.4 is 11.1 Å². The van der Waals surface area contributed by atoms with Gasteiger partial charge in [-0.15, -0.1) is 11.6 Å². The van der Waals surface area contributed by atoms with Gasteiger partial charge in [-0.3, -0.25) is 4.79 Å². The summed E-state index contributed by atoms with van der Waals surface area (Å²) in [6, 6.07) is -0.132. The molecule has 1 aliphatic heterocycles. The summed E-state index contributed by atoms with van der Waals surface area (Å²) >= 11 is 11.2. The number of nitrogens with one attached hydrogen (secondary N) is 1. The fraction of sp³-hybridized carbons (Fsp3) is 0.714. The summed E-state index contributed by atoms with van der Waals surface area (Å²) < 4.78 is 5.30. The number of amides is 1. The molecule has 1 amide bonds. The summed E-state index contributed by atoms with van der Waals surface area (Å²) in [6.07, 6.45) is 6.74. The average Bonchev–Trinajstić information content (AvgIpc) is 2.60. The van der Waals surface area contributed by atoms with Crippen LogP contribution in [0.15, 0.2) is 12.3 Å². The Labute approximate surface area is 135 Å². The topological polar surface area (TPSA) is 67.6 Å². The lowest BCUT2D eigenvalue weighted by Crippen LogP contribution is -2.61. The zero-order chi connectivity index (χ0) is 15.5. The number of alkyl halides is 1. The molecule has 2 aliphatic rings. The van der Waals surface area contributed by atoms with Crippen LogP contribution in [0.4, 0.5) is 0 Å². The van der Waals surface area contributed by atoms with E-state index in [1.54, 1.807) is 7.11 Å². The maximum Gasteiger partial charge on any atom is 0.228 e. The second kappa shape index (κ2) is 6.94. The van der Waals surface area contributed by atoms with Gasteiger partial charge in [0.05, 0.1) is 18.1 Å². The van der Waals surface area contributed by atoms with Crippen molar-refractivity contribution < 1.29 is 9.53 Å². The van der Waals surface area contributed by atoms with Crippen molar-refractivity contribution in [3.63, 3.8) is 0 Å². The number of primary amides is 1. The van der Waals surface area contributed by atoms with E-state index in [4.69, 9.17) is 34.3 Å². The first-order valence-corrected chi connectivity index (χ1v) is 8.09. The number of rotatable bonds is 5. The number of thiocarbonyl (C=S) groups is 1. The second-order valence-corrected chi connectivity index (χ2v) is 6.43. The molecule has 5 nitrogen and oxygen atoms in total. The minimum Gasteiger partial charge on any atom is -0.383 e. The number of carbonyl (C=O) groups is 1. The van der Waals surface area contributed by atoms with E-state index in [9.17, 15) is 4.79 Å². The van der Waals surface area contributed by atoms with Crippen LogP contribution >= 0.6 is 23.8 Å². The molecule has 2 rings (SSSR count). The van der Waals surface area contributed by atoms with Gasteiger partial charge in [0.2, 0.25) is 5.91 Å². The SMILES string of the molecule is COC[C@]1(C(N)=O)CCCC2C=CN(CCCl)C(=S)NC21. The fourth-order valence-electron chi connectivity index (χ4n) is 3.37. The molecule has 3 atom stereocenters. The highest BCUT2D eigenvalue weighted by atomic mass is 35.5. The highest BCUT2D eigenvalue weighted by Gasteiger charge is 2.50. The number of nitrogens with two attached hydrogens (primary N) is 1. The molecule has 0 bridgehead atoms. The largest absolute Gasteiger partial charge is 0.383 e. The predicted octanol–water partition coefficient (Wildman–Crippen LogP) is 1.22. The third-order valence-corrected chi connectivity index (χ3v) is 4.98. The molecule has 1 saturated carbocycles. The average molecular weight is 332 g/mol. The Kier molecular flexibility index (Phi) is 5.46.